The van der Waals surface area contributed by atoms with E-state index >= 15 is 0 Å². The van der Waals surface area contributed by atoms with Gasteiger partial charge in [-0.3, -0.25) is 9.59 Å². The highest BCUT2D eigenvalue weighted by molar-refractivity contribution is 5.78. The van der Waals surface area contributed by atoms with Crippen molar-refractivity contribution in [3.63, 3.8) is 0 Å². The van der Waals surface area contributed by atoms with E-state index in [2.05, 4.69) is 48.5 Å². The first-order valence-corrected chi connectivity index (χ1v) is 15.6. The van der Waals surface area contributed by atoms with Crippen molar-refractivity contribution in [2.45, 2.75) is 126 Å². The second kappa shape index (κ2) is 9.21. The summed E-state index contributed by atoms with van der Waals surface area (Å²) in [6.07, 6.45) is 10.6. The number of aliphatic hydroxyl groups is 1. The molecule has 0 amide bonds. The maximum atomic E-state index is 13.8. The van der Waals surface area contributed by atoms with Gasteiger partial charge in [-0.25, -0.2) is 0 Å². The summed E-state index contributed by atoms with van der Waals surface area (Å²) in [4.78, 5) is 25.1. The minimum absolute atomic E-state index is 0.0340. The molecule has 0 aliphatic heterocycles. The summed E-state index contributed by atoms with van der Waals surface area (Å²) >= 11 is 0. The molecule has 0 spiro atoms. The van der Waals surface area contributed by atoms with Crippen molar-refractivity contribution in [2.24, 2.45) is 62.6 Å². The summed E-state index contributed by atoms with van der Waals surface area (Å²) in [5, 5.41) is 11.0. The van der Waals surface area contributed by atoms with Gasteiger partial charge < -0.3 is 14.6 Å². The lowest BCUT2D eigenvalue weighted by Crippen LogP contribution is -2.67. The van der Waals surface area contributed by atoms with Gasteiger partial charge in [0, 0.05) is 6.92 Å². The summed E-state index contributed by atoms with van der Waals surface area (Å²) in [6, 6.07) is 0. The van der Waals surface area contributed by atoms with E-state index in [1.54, 1.807) is 0 Å². The highest BCUT2D eigenvalue weighted by Gasteiger charge is 2.72. The molecule has 0 saturated heterocycles. The predicted octanol–water partition coefficient (Wildman–Crippen LogP) is 7.15. The predicted molar refractivity (Wildman–Crippen MR) is 148 cm³/mol. The number of rotatable bonds is 4. The van der Waals surface area contributed by atoms with Gasteiger partial charge in [-0.2, -0.15) is 0 Å². The van der Waals surface area contributed by atoms with Gasteiger partial charge in [0.2, 0.25) is 6.79 Å². The van der Waals surface area contributed by atoms with Crippen molar-refractivity contribution in [3.05, 3.63) is 0 Å². The van der Waals surface area contributed by atoms with E-state index in [4.69, 9.17) is 9.47 Å². The third-order valence-corrected chi connectivity index (χ3v) is 14.2. The number of esters is 2. The molecule has 0 radical (unpaired) electrons. The zero-order chi connectivity index (χ0) is 27.9. The molecule has 5 aliphatic carbocycles. The Morgan fingerprint density at radius 3 is 2.18 bits per heavy atom. The van der Waals surface area contributed by atoms with Crippen LogP contribution in [0.15, 0.2) is 0 Å². The molecule has 5 heteroatoms. The molecule has 0 bridgehead atoms. The Labute approximate surface area is 231 Å². The van der Waals surface area contributed by atoms with E-state index in [1.165, 1.54) is 32.6 Å². The van der Waals surface area contributed by atoms with Crippen LogP contribution in [0.2, 0.25) is 0 Å². The van der Waals surface area contributed by atoms with E-state index < -0.39 is 11.4 Å². The average Bonchev–Trinajstić information content (AvgIpc) is 3.23. The van der Waals surface area contributed by atoms with Crippen molar-refractivity contribution in [3.8, 4) is 0 Å². The molecule has 5 aliphatic rings. The molecule has 1 N–H and O–H groups in total. The van der Waals surface area contributed by atoms with Gasteiger partial charge in [0.05, 0.1) is 11.5 Å². The number of ether oxygens (including phenoxy) is 2. The first kappa shape index (κ1) is 28.4. The van der Waals surface area contributed by atoms with Crippen LogP contribution in [0.3, 0.4) is 0 Å². The van der Waals surface area contributed by atoms with Crippen LogP contribution in [-0.4, -0.2) is 29.9 Å². The molecule has 0 aromatic carbocycles. The summed E-state index contributed by atoms with van der Waals surface area (Å²) < 4.78 is 10.7. The summed E-state index contributed by atoms with van der Waals surface area (Å²) in [5.41, 5.74) is 0.200. The third-order valence-electron chi connectivity index (χ3n) is 14.2. The van der Waals surface area contributed by atoms with Crippen molar-refractivity contribution < 1.29 is 24.2 Å². The first-order valence-electron chi connectivity index (χ1n) is 15.6. The van der Waals surface area contributed by atoms with Gasteiger partial charge >= 0.3 is 11.9 Å². The maximum Gasteiger partial charge on any atom is 0.315 e. The van der Waals surface area contributed by atoms with Gasteiger partial charge in [0.1, 0.15) is 0 Å². The van der Waals surface area contributed by atoms with Crippen LogP contribution in [0.4, 0.5) is 0 Å². The molecule has 5 fully saturated rings. The Morgan fingerprint density at radius 1 is 0.816 bits per heavy atom. The summed E-state index contributed by atoms with van der Waals surface area (Å²) in [6.45, 7) is 18.2. The van der Waals surface area contributed by atoms with Crippen molar-refractivity contribution >= 4 is 11.9 Å². The summed E-state index contributed by atoms with van der Waals surface area (Å²) in [5.74, 6) is 2.58. The molecule has 216 valence electrons. The van der Waals surface area contributed by atoms with Gasteiger partial charge in [0.25, 0.3) is 0 Å². The number of hydrogen-bond acceptors (Lipinski definition) is 5. The molecule has 5 saturated carbocycles. The normalized spacial score (nSPS) is 49.3. The molecule has 10 atom stereocenters. The Kier molecular flexibility index (Phi) is 6.89. The van der Waals surface area contributed by atoms with E-state index in [-0.39, 0.29) is 40.5 Å². The standard InChI is InChI=1S/C33H54O5/c1-20(2)22-11-16-33(28(36)38-19-37-21(3)34)18-17-31(7)23(27(22)33)9-10-25-30(6)14-13-26(35)29(4,5)24(30)12-15-32(25,31)8/h20,22-27,35H,9-19H2,1-8H3/t22-,23+,24?,25+,26-,27?,30-,31+,32+,33-/m0/s1. The van der Waals surface area contributed by atoms with Crippen LogP contribution in [-0.2, 0) is 19.1 Å². The highest BCUT2D eigenvalue weighted by atomic mass is 16.7. The second-order valence-corrected chi connectivity index (χ2v) is 15.9. The number of hydrogen-bond donors (Lipinski definition) is 1. The lowest BCUT2D eigenvalue weighted by molar-refractivity contribution is -0.251. The van der Waals surface area contributed by atoms with Crippen LogP contribution in [0.25, 0.3) is 0 Å². The zero-order valence-electron chi connectivity index (χ0n) is 25.4. The van der Waals surface area contributed by atoms with Crippen LogP contribution >= 0.6 is 0 Å². The molecule has 5 nitrogen and oxygen atoms in total. The molecule has 5 rings (SSSR count). The van der Waals surface area contributed by atoms with Crippen molar-refractivity contribution in [1.82, 2.24) is 0 Å². The van der Waals surface area contributed by atoms with Crippen molar-refractivity contribution in [1.29, 1.82) is 0 Å². The number of aliphatic hydroxyl groups excluding tert-OH is 1. The fourth-order valence-corrected chi connectivity index (χ4v) is 12.0. The average molecular weight is 531 g/mol. The molecule has 0 heterocycles. The van der Waals surface area contributed by atoms with Crippen LogP contribution in [0.5, 0.6) is 0 Å². The first-order chi connectivity index (χ1) is 17.6. The van der Waals surface area contributed by atoms with E-state index in [0.717, 1.165) is 38.5 Å². The van der Waals surface area contributed by atoms with Crippen molar-refractivity contribution in [2.75, 3.05) is 6.79 Å². The third kappa shape index (κ3) is 3.72. The lowest BCUT2D eigenvalue weighted by atomic mass is 9.32. The zero-order valence-corrected chi connectivity index (χ0v) is 25.4. The van der Waals surface area contributed by atoms with E-state index in [9.17, 15) is 14.7 Å². The number of carbonyl (C=O) groups is 2. The van der Waals surface area contributed by atoms with Crippen LogP contribution in [0.1, 0.15) is 120 Å². The van der Waals surface area contributed by atoms with E-state index in [1.807, 2.05) is 0 Å². The van der Waals surface area contributed by atoms with Gasteiger partial charge in [-0.1, -0.05) is 48.5 Å². The smallest absolute Gasteiger partial charge is 0.315 e. The Bertz CT molecular complexity index is 957. The SMILES string of the molecule is CC(=O)OCOC(=O)[C@]12CC[C@@H](C(C)C)C1[C@H]1CC[C@@H]3[C@@]4(C)CC[C@H](O)C(C)(C)C4CC[C@@]3(C)[C@]1(C)CC2. The highest BCUT2D eigenvalue weighted by Crippen LogP contribution is 2.77. The lowest BCUT2D eigenvalue weighted by Gasteiger charge is -2.72. The Balaban J connectivity index is 1.49. The van der Waals surface area contributed by atoms with E-state index in [0.29, 0.717) is 35.5 Å². The maximum absolute atomic E-state index is 13.8. The topological polar surface area (TPSA) is 72.8 Å². The van der Waals surface area contributed by atoms with Gasteiger partial charge in [-0.15, -0.1) is 0 Å². The Hall–Kier alpha value is -1.10. The molecule has 0 aromatic heterocycles. The fraction of sp³-hybridized carbons (Fsp3) is 0.939. The van der Waals surface area contributed by atoms with Gasteiger partial charge in [0.15, 0.2) is 0 Å². The number of carbonyl (C=O) groups excluding carboxylic acids is 2. The fourth-order valence-electron chi connectivity index (χ4n) is 12.0. The molecule has 38 heavy (non-hydrogen) atoms. The second-order valence-electron chi connectivity index (χ2n) is 15.9. The largest absolute Gasteiger partial charge is 0.428 e. The molecular formula is C33H54O5. The quantitative estimate of drug-likeness (QED) is 0.309. The minimum atomic E-state index is -0.444. The minimum Gasteiger partial charge on any atom is -0.428 e. The number of fused-ring (bicyclic) bond motifs is 7. The Morgan fingerprint density at radius 2 is 1.53 bits per heavy atom. The summed E-state index contributed by atoms with van der Waals surface area (Å²) in [7, 11) is 0. The molecule has 0 aromatic rings. The van der Waals surface area contributed by atoms with Crippen LogP contribution < -0.4 is 0 Å². The molecular weight excluding hydrogens is 476 g/mol. The van der Waals surface area contributed by atoms with Gasteiger partial charge in [-0.05, 0) is 121 Å². The monoisotopic (exact) mass is 530 g/mol. The van der Waals surface area contributed by atoms with Crippen LogP contribution in [0, 0.1) is 62.6 Å². The molecule has 2 unspecified atom stereocenters.